The van der Waals surface area contributed by atoms with Crippen molar-refractivity contribution in [3.63, 3.8) is 0 Å². The van der Waals surface area contributed by atoms with E-state index in [1.54, 1.807) is 6.07 Å². The molecule has 0 saturated carbocycles. The molecule has 0 fully saturated rings. The van der Waals surface area contributed by atoms with Crippen molar-refractivity contribution in [3.05, 3.63) is 63.4 Å². The van der Waals surface area contributed by atoms with Gasteiger partial charge in [-0.25, -0.2) is 9.18 Å². The van der Waals surface area contributed by atoms with Gasteiger partial charge in [-0.15, -0.1) is 0 Å². The van der Waals surface area contributed by atoms with E-state index in [1.165, 1.54) is 18.2 Å². The van der Waals surface area contributed by atoms with Crippen molar-refractivity contribution < 1.29 is 19.1 Å². The number of halogens is 3. The van der Waals surface area contributed by atoms with Crippen molar-refractivity contribution in [1.82, 2.24) is 0 Å². The summed E-state index contributed by atoms with van der Waals surface area (Å²) in [7, 11) is 0. The third kappa shape index (κ3) is 3.32. The minimum Gasteiger partial charge on any atom is -0.478 e. The van der Waals surface area contributed by atoms with E-state index in [1.807, 2.05) is 0 Å². The Balaban J connectivity index is 2.28. The van der Waals surface area contributed by atoms with Gasteiger partial charge in [-0.1, -0.05) is 29.3 Å². The van der Waals surface area contributed by atoms with Crippen LogP contribution in [0.1, 0.15) is 20.7 Å². The maximum atomic E-state index is 13.5. The Kier molecular flexibility index (Phi) is 4.45. The lowest BCUT2D eigenvalue weighted by atomic mass is 10.1. The van der Waals surface area contributed by atoms with Crippen LogP contribution in [0.25, 0.3) is 0 Å². The molecule has 0 saturated heterocycles. The van der Waals surface area contributed by atoms with Gasteiger partial charge in [0.1, 0.15) is 5.82 Å². The summed E-state index contributed by atoms with van der Waals surface area (Å²) in [4.78, 5) is 22.8. The fourth-order valence-electron chi connectivity index (χ4n) is 1.67. The van der Waals surface area contributed by atoms with Crippen molar-refractivity contribution in [3.8, 4) is 0 Å². The fourth-order valence-corrected chi connectivity index (χ4v) is 2.24. The molecular weight excluding hydrogens is 320 g/mol. The van der Waals surface area contributed by atoms with Gasteiger partial charge in [0.15, 0.2) is 0 Å². The first-order valence-corrected chi connectivity index (χ1v) is 6.44. The van der Waals surface area contributed by atoms with E-state index in [9.17, 15) is 14.0 Å². The number of aromatic carboxylic acids is 1. The molecule has 0 aliphatic rings. The molecule has 0 bridgehead atoms. The predicted molar refractivity (Wildman–Crippen MR) is 77.8 cm³/mol. The van der Waals surface area contributed by atoms with E-state index in [0.717, 1.165) is 12.1 Å². The minimum atomic E-state index is -1.39. The van der Waals surface area contributed by atoms with E-state index < -0.39 is 23.3 Å². The van der Waals surface area contributed by atoms with Gasteiger partial charge in [-0.05, 0) is 30.3 Å². The second-order valence-corrected chi connectivity index (χ2v) is 4.86. The molecule has 0 atom stereocenters. The molecule has 0 aromatic heterocycles. The maximum Gasteiger partial charge on any atom is 0.338 e. The zero-order valence-electron chi connectivity index (χ0n) is 10.4. The van der Waals surface area contributed by atoms with Gasteiger partial charge < -0.3 is 10.4 Å². The van der Waals surface area contributed by atoms with Crippen LogP contribution in [0.5, 0.6) is 0 Å². The Morgan fingerprint density at radius 1 is 1.10 bits per heavy atom. The highest BCUT2D eigenvalue weighted by atomic mass is 35.5. The Labute approximate surface area is 129 Å². The predicted octanol–water partition coefficient (Wildman–Crippen LogP) is 4.08. The Morgan fingerprint density at radius 3 is 2.24 bits per heavy atom. The summed E-state index contributed by atoms with van der Waals surface area (Å²) >= 11 is 11.8. The monoisotopic (exact) mass is 327 g/mol. The van der Waals surface area contributed by atoms with Gasteiger partial charge in [-0.3, -0.25) is 4.79 Å². The molecule has 108 valence electrons. The lowest BCUT2D eigenvalue weighted by Crippen LogP contribution is -2.13. The highest BCUT2D eigenvalue weighted by molar-refractivity contribution is 6.40. The molecule has 7 heteroatoms. The number of carboxylic acid groups (broad SMARTS) is 1. The van der Waals surface area contributed by atoms with Crippen LogP contribution < -0.4 is 5.32 Å². The Bertz CT molecular complexity index is 714. The van der Waals surface area contributed by atoms with Crippen LogP contribution in [0, 0.1) is 5.82 Å². The van der Waals surface area contributed by atoms with Crippen LogP contribution in [0.4, 0.5) is 10.1 Å². The molecule has 21 heavy (non-hydrogen) atoms. The quantitative estimate of drug-likeness (QED) is 0.892. The molecule has 0 aliphatic carbocycles. The van der Waals surface area contributed by atoms with E-state index in [-0.39, 0.29) is 21.3 Å². The number of amides is 1. The number of rotatable bonds is 3. The number of nitrogens with one attached hydrogen (secondary N) is 1. The lowest BCUT2D eigenvalue weighted by Gasteiger charge is -2.09. The number of carbonyl (C=O) groups is 2. The number of carbonyl (C=O) groups excluding carboxylic acids is 1. The van der Waals surface area contributed by atoms with Crippen molar-refractivity contribution in [2.24, 2.45) is 0 Å². The molecule has 2 rings (SSSR count). The van der Waals surface area contributed by atoms with Gasteiger partial charge in [0.2, 0.25) is 0 Å². The third-order valence-corrected chi connectivity index (χ3v) is 3.28. The zero-order valence-corrected chi connectivity index (χ0v) is 11.9. The maximum absolute atomic E-state index is 13.5. The van der Waals surface area contributed by atoms with Crippen LogP contribution in [-0.2, 0) is 0 Å². The molecule has 2 aromatic carbocycles. The Hall–Kier alpha value is -2.11. The first-order chi connectivity index (χ1) is 9.90. The third-order valence-electron chi connectivity index (χ3n) is 2.65. The van der Waals surface area contributed by atoms with Crippen LogP contribution >= 0.6 is 23.2 Å². The standard InChI is InChI=1S/C14H8Cl2FNO3/c15-9-2-1-3-10(16)12(9)13(19)18-7-4-5-8(14(20)21)11(17)6-7/h1-6H,(H,18,19)(H,20,21). The summed E-state index contributed by atoms with van der Waals surface area (Å²) in [6.07, 6.45) is 0. The fraction of sp³-hybridized carbons (Fsp3) is 0. The number of carboxylic acids is 1. The van der Waals surface area contributed by atoms with Crippen LogP contribution in [0.3, 0.4) is 0 Å². The number of benzene rings is 2. The van der Waals surface area contributed by atoms with Crippen LogP contribution in [0.2, 0.25) is 10.0 Å². The summed E-state index contributed by atoms with van der Waals surface area (Å²) in [5, 5.41) is 11.4. The van der Waals surface area contributed by atoms with E-state index >= 15 is 0 Å². The Morgan fingerprint density at radius 2 is 1.71 bits per heavy atom. The molecule has 0 aliphatic heterocycles. The topological polar surface area (TPSA) is 66.4 Å². The minimum absolute atomic E-state index is 0.0588. The van der Waals surface area contributed by atoms with Crippen LogP contribution in [0.15, 0.2) is 36.4 Å². The second-order valence-electron chi connectivity index (χ2n) is 4.05. The van der Waals surface area contributed by atoms with Crippen molar-refractivity contribution in [1.29, 1.82) is 0 Å². The largest absolute Gasteiger partial charge is 0.478 e. The van der Waals surface area contributed by atoms with Gasteiger partial charge in [-0.2, -0.15) is 0 Å². The average molecular weight is 328 g/mol. The summed E-state index contributed by atoms with van der Waals surface area (Å²) < 4.78 is 13.5. The van der Waals surface area contributed by atoms with Gasteiger partial charge in [0, 0.05) is 5.69 Å². The number of anilines is 1. The zero-order chi connectivity index (χ0) is 15.6. The van der Waals surface area contributed by atoms with Gasteiger partial charge in [0.25, 0.3) is 5.91 Å². The van der Waals surface area contributed by atoms with E-state index in [4.69, 9.17) is 28.3 Å². The normalized spacial score (nSPS) is 10.2. The molecular formula is C14H8Cl2FNO3. The smallest absolute Gasteiger partial charge is 0.338 e. The number of hydrogen-bond donors (Lipinski definition) is 2. The average Bonchev–Trinajstić information content (AvgIpc) is 2.37. The van der Waals surface area contributed by atoms with E-state index in [0.29, 0.717) is 0 Å². The SMILES string of the molecule is O=C(O)c1ccc(NC(=O)c2c(Cl)cccc2Cl)cc1F. The van der Waals surface area contributed by atoms with Crippen molar-refractivity contribution >= 4 is 40.8 Å². The van der Waals surface area contributed by atoms with Crippen LogP contribution in [-0.4, -0.2) is 17.0 Å². The van der Waals surface area contributed by atoms with Gasteiger partial charge in [0.05, 0.1) is 21.2 Å². The second kappa shape index (κ2) is 6.11. The molecule has 0 unspecified atom stereocenters. The first kappa shape index (κ1) is 15.3. The van der Waals surface area contributed by atoms with Crippen molar-refractivity contribution in [2.75, 3.05) is 5.32 Å². The molecule has 0 heterocycles. The lowest BCUT2D eigenvalue weighted by molar-refractivity contribution is 0.0692. The molecule has 0 radical (unpaired) electrons. The summed E-state index contributed by atoms with van der Waals surface area (Å²) in [6.45, 7) is 0. The summed E-state index contributed by atoms with van der Waals surface area (Å²) in [6, 6.07) is 7.82. The van der Waals surface area contributed by atoms with Gasteiger partial charge >= 0.3 is 5.97 Å². The number of hydrogen-bond acceptors (Lipinski definition) is 2. The first-order valence-electron chi connectivity index (χ1n) is 5.68. The highest BCUT2D eigenvalue weighted by Gasteiger charge is 2.16. The molecule has 2 N–H and O–H groups in total. The summed E-state index contributed by atoms with van der Waals surface area (Å²) in [5.74, 6) is -2.96. The molecule has 2 aromatic rings. The molecule has 4 nitrogen and oxygen atoms in total. The summed E-state index contributed by atoms with van der Waals surface area (Å²) in [5.41, 5.74) is -0.328. The van der Waals surface area contributed by atoms with E-state index in [2.05, 4.69) is 5.32 Å². The highest BCUT2D eigenvalue weighted by Crippen LogP contribution is 2.25. The molecule has 0 spiro atoms. The molecule has 1 amide bonds. The van der Waals surface area contributed by atoms with Crippen molar-refractivity contribution in [2.45, 2.75) is 0 Å².